The number of ether oxygens (including phenoxy) is 1. The summed E-state index contributed by atoms with van der Waals surface area (Å²) in [6, 6.07) is 11.5. The fourth-order valence-electron chi connectivity index (χ4n) is 2.16. The lowest BCUT2D eigenvalue weighted by Crippen LogP contribution is -2.02. The maximum absolute atomic E-state index is 11.4. The van der Waals surface area contributed by atoms with Gasteiger partial charge in [0.05, 0.1) is 11.0 Å². The minimum atomic E-state index is -4.50. The van der Waals surface area contributed by atoms with E-state index < -0.39 is 15.0 Å². The smallest absolute Gasteiger partial charge is 0.298 e. The quantitative estimate of drug-likeness (QED) is 0.443. The molecule has 0 atom stereocenters. The van der Waals surface area contributed by atoms with Crippen molar-refractivity contribution in [1.82, 2.24) is 4.98 Å². The Morgan fingerprint density at radius 2 is 1.90 bits per heavy atom. The standard InChI is InChI=1S/C14H8N2O4S/c15-8-20-14-10-7-9-3-1-2-4-11(9)16-12(10)5-6-13(14)21(17,18)19/h1-7H,(H,17,18,19). The van der Waals surface area contributed by atoms with Gasteiger partial charge in [-0.3, -0.25) is 4.55 Å². The van der Waals surface area contributed by atoms with Crippen molar-refractivity contribution in [3.05, 3.63) is 42.5 Å². The summed E-state index contributed by atoms with van der Waals surface area (Å²) < 4.78 is 36.7. The van der Waals surface area contributed by atoms with Crippen LogP contribution in [0.2, 0.25) is 0 Å². The molecule has 0 aliphatic heterocycles. The van der Waals surface area contributed by atoms with Gasteiger partial charge < -0.3 is 4.74 Å². The molecule has 21 heavy (non-hydrogen) atoms. The Morgan fingerprint density at radius 3 is 2.62 bits per heavy atom. The first-order chi connectivity index (χ1) is 10.0. The molecule has 104 valence electrons. The summed E-state index contributed by atoms with van der Waals surface area (Å²) in [7, 11) is -4.50. The molecule has 0 saturated heterocycles. The van der Waals surface area contributed by atoms with Gasteiger partial charge in [0.1, 0.15) is 4.90 Å². The molecule has 0 saturated carbocycles. The van der Waals surface area contributed by atoms with E-state index in [0.717, 1.165) is 17.0 Å². The number of hydrogen-bond acceptors (Lipinski definition) is 5. The van der Waals surface area contributed by atoms with Gasteiger partial charge in [0, 0.05) is 10.8 Å². The topological polar surface area (TPSA) is 100 Å². The van der Waals surface area contributed by atoms with Gasteiger partial charge in [-0.1, -0.05) is 18.2 Å². The summed E-state index contributed by atoms with van der Waals surface area (Å²) >= 11 is 0. The molecule has 0 bridgehead atoms. The third kappa shape index (κ3) is 2.27. The van der Waals surface area contributed by atoms with Crippen LogP contribution in [0.5, 0.6) is 5.75 Å². The van der Waals surface area contributed by atoms with Crippen molar-refractivity contribution in [3.63, 3.8) is 0 Å². The number of fused-ring (bicyclic) bond motifs is 2. The molecule has 3 rings (SSSR count). The van der Waals surface area contributed by atoms with Crippen molar-refractivity contribution in [2.45, 2.75) is 4.90 Å². The van der Waals surface area contributed by atoms with Crippen molar-refractivity contribution in [2.24, 2.45) is 0 Å². The minimum Gasteiger partial charge on any atom is -0.386 e. The van der Waals surface area contributed by atoms with E-state index in [4.69, 9.17) is 10.00 Å². The summed E-state index contributed by atoms with van der Waals surface area (Å²) in [4.78, 5) is 3.91. The van der Waals surface area contributed by atoms with Crippen molar-refractivity contribution >= 4 is 31.9 Å². The van der Waals surface area contributed by atoms with Crippen LogP contribution >= 0.6 is 0 Å². The monoisotopic (exact) mass is 300 g/mol. The van der Waals surface area contributed by atoms with E-state index in [1.165, 1.54) is 12.3 Å². The Labute approximate surface area is 120 Å². The van der Waals surface area contributed by atoms with E-state index in [9.17, 15) is 13.0 Å². The highest BCUT2D eigenvalue weighted by Gasteiger charge is 2.20. The van der Waals surface area contributed by atoms with Gasteiger partial charge in [0.2, 0.25) is 0 Å². The number of benzene rings is 2. The molecule has 0 fully saturated rings. The molecule has 3 aromatic rings. The van der Waals surface area contributed by atoms with Crippen LogP contribution in [0.4, 0.5) is 0 Å². The molecule has 0 spiro atoms. The predicted molar refractivity (Wildman–Crippen MR) is 75.3 cm³/mol. The van der Waals surface area contributed by atoms with Crippen LogP contribution in [0.15, 0.2) is 47.4 Å². The summed E-state index contributed by atoms with van der Waals surface area (Å²) in [5, 5.41) is 9.82. The second-order valence-corrected chi connectivity index (χ2v) is 5.70. The zero-order valence-corrected chi connectivity index (χ0v) is 11.3. The van der Waals surface area contributed by atoms with Crippen LogP contribution in [-0.2, 0) is 10.1 Å². The predicted octanol–water partition coefficient (Wildman–Crippen LogP) is 2.49. The number of pyridine rings is 1. The highest BCUT2D eigenvalue weighted by molar-refractivity contribution is 7.86. The fraction of sp³-hybridized carbons (Fsp3) is 0. The van der Waals surface area contributed by atoms with Gasteiger partial charge in [0.25, 0.3) is 16.4 Å². The van der Waals surface area contributed by atoms with Crippen molar-refractivity contribution in [1.29, 1.82) is 5.26 Å². The van der Waals surface area contributed by atoms with Gasteiger partial charge in [-0.15, -0.1) is 5.26 Å². The van der Waals surface area contributed by atoms with E-state index in [2.05, 4.69) is 4.98 Å². The van der Waals surface area contributed by atoms with E-state index in [-0.39, 0.29) is 5.75 Å². The van der Waals surface area contributed by atoms with Crippen LogP contribution in [0.25, 0.3) is 21.8 Å². The number of nitrogens with zero attached hydrogens (tertiary/aromatic N) is 2. The molecule has 0 unspecified atom stereocenters. The van der Waals surface area contributed by atoms with Gasteiger partial charge in [-0.2, -0.15) is 8.42 Å². The first-order valence-corrected chi connectivity index (χ1v) is 7.30. The lowest BCUT2D eigenvalue weighted by Gasteiger charge is -2.08. The molecule has 1 N–H and O–H groups in total. The Morgan fingerprint density at radius 1 is 1.14 bits per heavy atom. The molecule has 1 aromatic heterocycles. The van der Waals surface area contributed by atoms with Crippen LogP contribution in [0, 0.1) is 11.5 Å². The Bertz CT molecular complexity index is 1010. The highest BCUT2D eigenvalue weighted by atomic mass is 32.2. The maximum atomic E-state index is 11.4. The fourth-order valence-corrected chi connectivity index (χ4v) is 2.78. The van der Waals surface area contributed by atoms with E-state index in [0.29, 0.717) is 10.9 Å². The lowest BCUT2D eigenvalue weighted by atomic mass is 10.1. The van der Waals surface area contributed by atoms with Crippen LogP contribution in [0.1, 0.15) is 0 Å². The zero-order valence-electron chi connectivity index (χ0n) is 10.5. The average Bonchev–Trinajstić information content (AvgIpc) is 2.44. The molecule has 6 nitrogen and oxygen atoms in total. The normalized spacial score (nSPS) is 11.4. The first-order valence-electron chi connectivity index (χ1n) is 5.86. The second-order valence-electron chi connectivity index (χ2n) is 4.31. The molecule has 1 heterocycles. The summed E-state index contributed by atoms with van der Waals surface area (Å²) in [6.07, 6.45) is 1.43. The van der Waals surface area contributed by atoms with Gasteiger partial charge in [-0.25, -0.2) is 4.98 Å². The first kappa shape index (κ1) is 13.3. The molecule has 0 aliphatic rings. The van der Waals surface area contributed by atoms with Crippen LogP contribution in [0.3, 0.4) is 0 Å². The van der Waals surface area contributed by atoms with Crippen molar-refractivity contribution in [2.75, 3.05) is 0 Å². The average molecular weight is 300 g/mol. The number of para-hydroxylation sites is 1. The zero-order chi connectivity index (χ0) is 15.0. The number of nitriles is 1. The number of hydrogen-bond donors (Lipinski definition) is 1. The van der Waals surface area contributed by atoms with Crippen molar-refractivity contribution in [3.8, 4) is 12.0 Å². The van der Waals surface area contributed by atoms with E-state index >= 15 is 0 Å². The number of aromatic nitrogens is 1. The lowest BCUT2D eigenvalue weighted by molar-refractivity contribution is 0.464. The molecule has 0 radical (unpaired) electrons. The summed E-state index contributed by atoms with van der Waals surface area (Å²) in [6.45, 7) is 0. The van der Waals surface area contributed by atoms with E-state index in [1.54, 1.807) is 12.1 Å². The molecule has 2 aromatic carbocycles. The van der Waals surface area contributed by atoms with Crippen molar-refractivity contribution < 1.29 is 17.7 Å². The maximum Gasteiger partial charge on any atom is 0.298 e. The minimum absolute atomic E-state index is 0.226. The SMILES string of the molecule is N#COc1c(S(=O)(=O)O)ccc2nc3ccccc3cc12. The molecular formula is C14H8N2O4S. The van der Waals surface area contributed by atoms with Crippen LogP contribution in [-0.4, -0.2) is 18.0 Å². The van der Waals surface area contributed by atoms with Gasteiger partial charge >= 0.3 is 0 Å². The number of rotatable bonds is 2. The second kappa shape index (κ2) is 4.70. The van der Waals surface area contributed by atoms with Gasteiger partial charge in [0.15, 0.2) is 5.75 Å². The molecular weight excluding hydrogens is 292 g/mol. The summed E-state index contributed by atoms with van der Waals surface area (Å²) in [5.41, 5.74) is 1.19. The third-order valence-corrected chi connectivity index (χ3v) is 3.92. The van der Waals surface area contributed by atoms with Crippen LogP contribution < -0.4 is 4.74 Å². The summed E-state index contributed by atoms with van der Waals surface area (Å²) in [5.74, 6) is -0.226. The Kier molecular flexibility index (Phi) is 2.97. The molecule has 0 amide bonds. The Balaban J connectivity index is 2.47. The highest BCUT2D eigenvalue weighted by Crippen LogP contribution is 2.33. The Hall–Kier alpha value is -2.69. The largest absolute Gasteiger partial charge is 0.386 e. The third-order valence-electron chi connectivity index (χ3n) is 3.04. The molecule has 7 heteroatoms. The van der Waals surface area contributed by atoms with Gasteiger partial charge in [-0.05, 0) is 24.3 Å². The molecule has 0 aliphatic carbocycles. The van der Waals surface area contributed by atoms with E-state index in [1.807, 2.05) is 18.2 Å².